The van der Waals surface area contributed by atoms with Gasteiger partial charge in [0.1, 0.15) is 0 Å². The van der Waals surface area contributed by atoms with Crippen molar-refractivity contribution >= 4 is 12.3 Å². The van der Waals surface area contributed by atoms with Gasteiger partial charge in [-0.3, -0.25) is 4.98 Å². The second-order valence-electron chi connectivity index (χ2n) is 3.87. The summed E-state index contributed by atoms with van der Waals surface area (Å²) in [6.07, 6.45) is 6.58. The van der Waals surface area contributed by atoms with Gasteiger partial charge in [0.25, 0.3) is 0 Å². The lowest BCUT2D eigenvalue weighted by Crippen LogP contribution is -1.84. The molecule has 17 heavy (non-hydrogen) atoms. The van der Waals surface area contributed by atoms with E-state index in [9.17, 15) is 0 Å². The van der Waals surface area contributed by atoms with Crippen molar-refractivity contribution in [3.8, 4) is 11.1 Å². The van der Waals surface area contributed by atoms with Crippen LogP contribution < -0.4 is 0 Å². The summed E-state index contributed by atoms with van der Waals surface area (Å²) in [6.45, 7) is 2.08. The van der Waals surface area contributed by atoms with Gasteiger partial charge in [-0.05, 0) is 30.7 Å². The molecule has 0 bridgehead atoms. The van der Waals surface area contributed by atoms with Crippen LogP contribution in [0.5, 0.6) is 0 Å². The average Bonchev–Trinajstić information content (AvgIpc) is 2.37. The van der Waals surface area contributed by atoms with Gasteiger partial charge in [0.2, 0.25) is 0 Å². The van der Waals surface area contributed by atoms with Gasteiger partial charge in [-0.2, -0.15) is 0 Å². The Morgan fingerprint density at radius 1 is 1.12 bits per heavy atom. The van der Waals surface area contributed by atoms with E-state index in [1.807, 2.05) is 30.5 Å². The second-order valence-corrected chi connectivity index (χ2v) is 3.87. The molecule has 0 atom stereocenters. The zero-order valence-corrected chi connectivity index (χ0v) is 9.72. The molecule has 0 amide bonds. The topological polar surface area (TPSA) is 36.7 Å². The first-order valence-electron chi connectivity index (χ1n) is 5.50. The van der Waals surface area contributed by atoms with Crippen LogP contribution in [0.4, 0.5) is 0 Å². The number of rotatable bonds is 3. The Bertz CT molecular complexity index is 539. The monoisotopic (exact) mass is 222 g/mol. The summed E-state index contributed by atoms with van der Waals surface area (Å²) < 4.78 is 0. The Morgan fingerprint density at radius 3 is 2.65 bits per heavy atom. The number of benzene rings is 1. The van der Waals surface area contributed by atoms with Crippen LogP contribution in [0.2, 0.25) is 0 Å². The molecule has 0 aliphatic carbocycles. The molecule has 1 heterocycles. The highest BCUT2D eigenvalue weighted by molar-refractivity contribution is 5.75. The van der Waals surface area contributed by atoms with Crippen LogP contribution >= 0.6 is 0 Å². The van der Waals surface area contributed by atoms with Gasteiger partial charge < -0.3 is 5.41 Å². The van der Waals surface area contributed by atoms with Crippen LogP contribution in [0.3, 0.4) is 0 Å². The van der Waals surface area contributed by atoms with Gasteiger partial charge in [-0.1, -0.05) is 35.9 Å². The summed E-state index contributed by atoms with van der Waals surface area (Å²) in [5.41, 5.74) is 4.40. The molecule has 2 nitrogen and oxygen atoms in total. The average molecular weight is 222 g/mol. The Hall–Kier alpha value is -2.22. The first kappa shape index (κ1) is 11.3. The smallest absolute Gasteiger partial charge is 0.0630 e. The summed E-state index contributed by atoms with van der Waals surface area (Å²) in [5.74, 6) is 0. The van der Waals surface area contributed by atoms with E-state index in [0.29, 0.717) is 0 Å². The first-order valence-corrected chi connectivity index (χ1v) is 5.50. The maximum absolute atomic E-state index is 6.91. The molecule has 0 fully saturated rings. The molecule has 1 aromatic heterocycles. The number of allylic oxidation sites excluding steroid dienone is 1. The summed E-state index contributed by atoms with van der Waals surface area (Å²) >= 11 is 0. The quantitative estimate of drug-likeness (QED) is 0.789. The summed E-state index contributed by atoms with van der Waals surface area (Å²) in [4.78, 5) is 4.33. The van der Waals surface area contributed by atoms with Crippen molar-refractivity contribution in [3.63, 3.8) is 0 Å². The van der Waals surface area contributed by atoms with Crippen molar-refractivity contribution in [2.75, 3.05) is 0 Å². The summed E-state index contributed by atoms with van der Waals surface area (Å²) in [7, 11) is 0. The molecular weight excluding hydrogens is 208 g/mol. The molecule has 1 aromatic carbocycles. The van der Waals surface area contributed by atoms with Gasteiger partial charge in [-0.15, -0.1) is 0 Å². The molecule has 0 saturated carbocycles. The van der Waals surface area contributed by atoms with Crippen LogP contribution in [0.1, 0.15) is 11.3 Å². The molecule has 0 aliphatic rings. The minimum Gasteiger partial charge on any atom is -0.309 e. The van der Waals surface area contributed by atoms with Crippen LogP contribution in [-0.4, -0.2) is 11.2 Å². The highest BCUT2D eigenvalue weighted by Gasteiger charge is 1.97. The lowest BCUT2D eigenvalue weighted by molar-refractivity contribution is 1.29. The molecule has 0 saturated heterocycles. The Morgan fingerprint density at radius 2 is 2.00 bits per heavy atom. The molecule has 1 N–H and O–H groups in total. The molecule has 0 unspecified atom stereocenters. The van der Waals surface area contributed by atoms with Crippen molar-refractivity contribution < 1.29 is 0 Å². The van der Waals surface area contributed by atoms with E-state index in [2.05, 4.69) is 30.1 Å². The minimum absolute atomic E-state index is 0.866. The second kappa shape index (κ2) is 5.21. The molecule has 2 heteroatoms. The molecule has 84 valence electrons. The van der Waals surface area contributed by atoms with Crippen molar-refractivity contribution in [1.82, 2.24) is 4.98 Å². The van der Waals surface area contributed by atoms with Crippen molar-refractivity contribution in [2.24, 2.45) is 0 Å². The standard InChI is InChI=1S/C15H14N2/c1-12-4-2-5-13(10-12)14-7-8-15(17-11-14)6-3-9-16/h2-11,16H,1H3. The maximum Gasteiger partial charge on any atom is 0.0630 e. The predicted molar refractivity (Wildman–Crippen MR) is 72.2 cm³/mol. The molecular formula is C15H14N2. The number of hydrogen-bond donors (Lipinski definition) is 1. The number of hydrogen-bond acceptors (Lipinski definition) is 2. The highest BCUT2D eigenvalue weighted by atomic mass is 14.7. The normalized spacial score (nSPS) is 10.6. The zero-order valence-electron chi connectivity index (χ0n) is 9.72. The number of nitrogens with zero attached hydrogens (tertiary/aromatic N) is 1. The Kier molecular flexibility index (Phi) is 3.46. The van der Waals surface area contributed by atoms with Crippen LogP contribution in [0.25, 0.3) is 17.2 Å². The van der Waals surface area contributed by atoms with E-state index in [-0.39, 0.29) is 0 Å². The predicted octanol–water partition coefficient (Wildman–Crippen LogP) is 3.72. The lowest BCUT2D eigenvalue weighted by atomic mass is 10.1. The van der Waals surface area contributed by atoms with E-state index in [4.69, 9.17) is 5.41 Å². The maximum atomic E-state index is 6.91. The number of aryl methyl sites for hydroxylation is 1. The van der Waals surface area contributed by atoms with Gasteiger partial charge in [-0.25, -0.2) is 0 Å². The SMILES string of the molecule is Cc1cccc(-c2ccc(C=CC=N)nc2)c1. The van der Waals surface area contributed by atoms with Gasteiger partial charge in [0.15, 0.2) is 0 Å². The lowest BCUT2D eigenvalue weighted by Gasteiger charge is -2.02. The summed E-state index contributed by atoms with van der Waals surface area (Å²) in [5, 5.41) is 6.91. The van der Waals surface area contributed by atoms with Crippen LogP contribution in [0.15, 0.2) is 48.7 Å². The fourth-order valence-corrected chi connectivity index (χ4v) is 1.65. The van der Waals surface area contributed by atoms with E-state index in [1.165, 1.54) is 17.3 Å². The molecule has 2 aromatic rings. The Balaban J connectivity index is 2.29. The third-order valence-electron chi connectivity index (χ3n) is 2.50. The van der Waals surface area contributed by atoms with Crippen LogP contribution in [0, 0.1) is 12.3 Å². The van der Waals surface area contributed by atoms with Gasteiger partial charge >= 0.3 is 0 Å². The third-order valence-corrected chi connectivity index (χ3v) is 2.50. The van der Waals surface area contributed by atoms with E-state index in [1.54, 1.807) is 6.08 Å². The minimum atomic E-state index is 0.866. The zero-order chi connectivity index (χ0) is 12.1. The fourth-order valence-electron chi connectivity index (χ4n) is 1.65. The number of pyridine rings is 1. The molecule has 0 radical (unpaired) electrons. The Labute approximate surface area is 101 Å². The van der Waals surface area contributed by atoms with Gasteiger partial charge in [0.05, 0.1) is 5.69 Å². The number of nitrogens with one attached hydrogen (secondary N) is 1. The molecule has 2 rings (SSSR count). The van der Waals surface area contributed by atoms with Crippen LogP contribution in [-0.2, 0) is 0 Å². The number of aromatic nitrogens is 1. The van der Waals surface area contributed by atoms with Crippen molar-refractivity contribution in [2.45, 2.75) is 6.92 Å². The van der Waals surface area contributed by atoms with Gasteiger partial charge in [0, 0.05) is 18.0 Å². The van der Waals surface area contributed by atoms with E-state index >= 15 is 0 Å². The third kappa shape index (κ3) is 2.88. The van der Waals surface area contributed by atoms with E-state index in [0.717, 1.165) is 11.3 Å². The first-order chi connectivity index (χ1) is 8.29. The largest absolute Gasteiger partial charge is 0.309 e. The summed E-state index contributed by atoms with van der Waals surface area (Å²) in [6, 6.07) is 12.4. The van der Waals surface area contributed by atoms with Crippen molar-refractivity contribution in [3.05, 3.63) is 59.9 Å². The van der Waals surface area contributed by atoms with Crippen molar-refractivity contribution in [1.29, 1.82) is 5.41 Å². The molecule has 0 spiro atoms. The van der Waals surface area contributed by atoms with E-state index < -0.39 is 0 Å². The molecule has 0 aliphatic heterocycles. The highest BCUT2D eigenvalue weighted by Crippen LogP contribution is 2.19. The fraction of sp³-hybridized carbons (Fsp3) is 0.0667.